The zero-order chi connectivity index (χ0) is 16.1. The van der Waals surface area contributed by atoms with Crippen molar-refractivity contribution in [2.24, 2.45) is 0 Å². The third kappa shape index (κ3) is 4.56. The molecule has 1 N–H and O–H groups in total. The Morgan fingerprint density at radius 2 is 2.22 bits per heavy atom. The molecule has 23 heavy (non-hydrogen) atoms. The van der Waals surface area contributed by atoms with E-state index in [1.807, 2.05) is 12.3 Å². The number of rotatable bonds is 5. The van der Waals surface area contributed by atoms with Crippen LogP contribution in [0, 0.1) is 6.92 Å². The van der Waals surface area contributed by atoms with Gasteiger partial charge in [0.25, 0.3) is 0 Å². The lowest BCUT2D eigenvalue weighted by Gasteiger charge is -2.21. The van der Waals surface area contributed by atoms with Crippen molar-refractivity contribution in [1.82, 2.24) is 20.3 Å². The molecule has 2 aromatic rings. The van der Waals surface area contributed by atoms with Crippen molar-refractivity contribution in [3.8, 4) is 0 Å². The largest absolute Gasteiger partial charge is 0.370 e. The highest BCUT2D eigenvalue weighted by Crippen LogP contribution is 2.24. The van der Waals surface area contributed by atoms with E-state index >= 15 is 0 Å². The molecule has 0 spiro atoms. The lowest BCUT2D eigenvalue weighted by molar-refractivity contribution is -0.120. The van der Waals surface area contributed by atoms with E-state index in [-0.39, 0.29) is 12.0 Å². The SMILES string of the molecule is Cc1nc(CC(=O)NCc2cnc([C@@H]3CCCCO3)nc2)cs1. The van der Waals surface area contributed by atoms with Gasteiger partial charge >= 0.3 is 0 Å². The molecule has 6 nitrogen and oxygen atoms in total. The molecule has 1 aliphatic heterocycles. The number of ether oxygens (including phenoxy) is 1. The summed E-state index contributed by atoms with van der Waals surface area (Å²) in [4.78, 5) is 24.9. The van der Waals surface area contributed by atoms with E-state index in [1.54, 1.807) is 23.7 Å². The summed E-state index contributed by atoms with van der Waals surface area (Å²) >= 11 is 1.55. The number of carbonyl (C=O) groups is 1. The fourth-order valence-electron chi connectivity index (χ4n) is 2.48. The number of nitrogens with zero attached hydrogens (tertiary/aromatic N) is 3. The van der Waals surface area contributed by atoms with Gasteiger partial charge in [0.15, 0.2) is 5.82 Å². The van der Waals surface area contributed by atoms with Crippen LogP contribution in [-0.4, -0.2) is 27.5 Å². The van der Waals surface area contributed by atoms with E-state index in [2.05, 4.69) is 20.3 Å². The molecule has 0 unspecified atom stereocenters. The molecule has 3 rings (SSSR count). The van der Waals surface area contributed by atoms with Gasteiger partial charge in [-0.2, -0.15) is 0 Å². The number of nitrogens with one attached hydrogen (secondary N) is 1. The Kier molecular flexibility index (Phi) is 5.30. The molecule has 0 aliphatic carbocycles. The lowest BCUT2D eigenvalue weighted by atomic mass is 10.1. The van der Waals surface area contributed by atoms with Gasteiger partial charge < -0.3 is 10.1 Å². The molecule has 1 saturated heterocycles. The van der Waals surface area contributed by atoms with Crippen molar-refractivity contribution in [3.05, 3.63) is 39.9 Å². The molecule has 0 bridgehead atoms. The molecule has 0 radical (unpaired) electrons. The second kappa shape index (κ2) is 7.61. The maximum absolute atomic E-state index is 11.9. The Labute approximate surface area is 139 Å². The second-order valence-corrected chi connectivity index (χ2v) is 6.68. The fraction of sp³-hybridized carbons (Fsp3) is 0.500. The highest BCUT2D eigenvalue weighted by molar-refractivity contribution is 7.09. The number of aryl methyl sites for hydroxylation is 1. The Morgan fingerprint density at radius 3 is 2.87 bits per heavy atom. The molecular formula is C16H20N4O2S. The number of aromatic nitrogens is 3. The summed E-state index contributed by atoms with van der Waals surface area (Å²) in [6.07, 6.45) is 7.07. The minimum Gasteiger partial charge on any atom is -0.370 e. The van der Waals surface area contributed by atoms with Crippen LogP contribution in [0.1, 0.15) is 47.5 Å². The molecule has 1 aliphatic rings. The number of hydrogen-bond acceptors (Lipinski definition) is 6. The van der Waals surface area contributed by atoms with E-state index in [9.17, 15) is 4.79 Å². The summed E-state index contributed by atoms with van der Waals surface area (Å²) in [5.41, 5.74) is 1.69. The first-order valence-electron chi connectivity index (χ1n) is 7.81. The van der Waals surface area contributed by atoms with Gasteiger partial charge in [-0.05, 0) is 26.2 Å². The lowest BCUT2D eigenvalue weighted by Crippen LogP contribution is -2.25. The molecule has 3 heterocycles. The quantitative estimate of drug-likeness (QED) is 0.909. The first-order valence-corrected chi connectivity index (χ1v) is 8.69. The Balaban J connectivity index is 1.49. The van der Waals surface area contributed by atoms with E-state index < -0.39 is 0 Å². The van der Waals surface area contributed by atoms with E-state index in [4.69, 9.17) is 4.74 Å². The first kappa shape index (κ1) is 16.0. The van der Waals surface area contributed by atoms with Crippen molar-refractivity contribution in [2.45, 2.75) is 45.3 Å². The summed E-state index contributed by atoms with van der Waals surface area (Å²) in [6, 6.07) is 0. The van der Waals surface area contributed by atoms with Gasteiger partial charge in [-0.15, -0.1) is 11.3 Å². The van der Waals surface area contributed by atoms with Crippen LogP contribution >= 0.6 is 11.3 Å². The number of carbonyl (C=O) groups excluding carboxylic acids is 1. The minimum absolute atomic E-state index is 0.0142. The van der Waals surface area contributed by atoms with Crippen LogP contribution in [-0.2, 0) is 22.5 Å². The van der Waals surface area contributed by atoms with Crippen molar-refractivity contribution >= 4 is 17.2 Å². The van der Waals surface area contributed by atoms with Crippen LogP contribution in [0.15, 0.2) is 17.8 Å². The van der Waals surface area contributed by atoms with Crippen molar-refractivity contribution in [1.29, 1.82) is 0 Å². The highest BCUT2D eigenvalue weighted by Gasteiger charge is 2.18. The predicted octanol–water partition coefficient (Wildman–Crippen LogP) is 2.34. The van der Waals surface area contributed by atoms with Gasteiger partial charge in [-0.25, -0.2) is 15.0 Å². The topological polar surface area (TPSA) is 77.0 Å². The summed E-state index contributed by atoms with van der Waals surface area (Å²) in [5, 5.41) is 5.76. The summed E-state index contributed by atoms with van der Waals surface area (Å²) in [7, 11) is 0. The molecule has 0 aromatic carbocycles. The molecule has 1 atom stereocenters. The maximum Gasteiger partial charge on any atom is 0.226 e. The number of hydrogen-bond donors (Lipinski definition) is 1. The van der Waals surface area contributed by atoms with Gasteiger partial charge in [-0.3, -0.25) is 4.79 Å². The van der Waals surface area contributed by atoms with Crippen LogP contribution in [0.2, 0.25) is 0 Å². The average molecular weight is 332 g/mol. The van der Waals surface area contributed by atoms with E-state index in [1.165, 1.54) is 0 Å². The Morgan fingerprint density at radius 1 is 1.39 bits per heavy atom. The van der Waals surface area contributed by atoms with Crippen molar-refractivity contribution in [3.63, 3.8) is 0 Å². The summed E-state index contributed by atoms with van der Waals surface area (Å²) in [6.45, 7) is 3.14. The zero-order valence-electron chi connectivity index (χ0n) is 13.1. The molecule has 1 fully saturated rings. The minimum atomic E-state index is -0.0463. The van der Waals surface area contributed by atoms with Crippen LogP contribution in [0.4, 0.5) is 0 Å². The standard InChI is InChI=1S/C16H20N4O2S/c1-11-20-13(10-23-11)6-15(21)17-7-12-8-18-16(19-9-12)14-4-2-3-5-22-14/h8-10,14H,2-7H2,1H3,(H,17,21)/t14-/m0/s1. The molecule has 7 heteroatoms. The molecule has 2 aromatic heterocycles. The zero-order valence-corrected chi connectivity index (χ0v) is 13.9. The van der Waals surface area contributed by atoms with E-state index in [0.717, 1.165) is 48.0 Å². The van der Waals surface area contributed by atoms with Gasteiger partial charge in [0, 0.05) is 36.5 Å². The molecule has 122 valence electrons. The molecular weight excluding hydrogens is 312 g/mol. The van der Waals surface area contributed by atoms with Gasteiger partial charge in [0.2, 0.25) is 5.91 Å². The Bertz CT molecular complexity index is 650. The van der Waals surface area contributed by atoms with Crippen LogP contribution < -0.4 is 5.32 Å². The summed E-state index contributed by atoms with van der Waals surface area (Å²) < 4.78 is 5.67. The van der Waals surface area contributed by atoms with Gasteiger partial charge in [0.1, 0.15) is 6.10 Å². The first-order chi connectivity index (χ1) is 11.2. The van der Waals surface area contributed by atoms with Crippen LogP contribution in [0.3, 0.4) is 0 Å². The third-order valence-electron chi connectivity index (χ3n) is 3.69. The normalized spacial score (nSPS) is 17.9. The number of amides is 1. The van der Waals surface area contributed by atoms with E-state index in [0.29, 0.717) is 13.0 Å². The van der Waals surface area contributed by atoms with Crippen LogP contribution in [0.5, 0.6) is 0 Å². The monoisotopic (exact) mass is 332 g/mol. The van der Waals surface area contributed by atoms with Gasteiger partial charge in [0.05, 0.1) is 17.1 Å². The molecule has 0 saturated carbocycles. The summed E-state index contributed by atoms with van der Waals surface area (Å²) in [5.74, 6) is 0.688. The van der Waals surface area contributed by atoms with Crippen LogP contribution in [0.25, 0.3) is 0 Å². The van der Waals surface area contributed by atoms with Crippen molar-refractivity contribution in [2.75, 3.05) is 6.61 Å². The predicted molar refractivity (Wildman–Crippen MR) is 87.0 cm³/mol. The third-order valence-corrected chi connectivity index (χ3v) is 4.51. The maximum atomic E-state index is 11.9. The smallest absolute Gasteiger partial charge is 0.226 e. The second-order valence-electron chi connectivity index (χ2n) is 5.62. The fourth-order valence-corrected chi connectivity index (χ4v) is 3.10. The highest BCUT2D eigenvalue weighted by atomic mass is 32.1. The average Bonchev–Trinajstić information content (AvgIpc) is 2.99. The van der Waals surface area contributed by atoms with Gasteiger partial charge in [-0.1, -0.05) is 0 Å². The van der Waals surface area contributed by atoms with Crippen molar-refractivity contribution < 1.29 is 9.53 Å². The molecule has 1 amide bonds. The Hall–Kier alpha value is -1.86. The number of thiazole rings is 1.